The molecular formula is C65H37N9. The molecule has 0 spiro atoms. The minimum absolute atomic E-state index is 0.348. The van der Waals surface area contributed by atoms with Crippen molar-refractivity contribution in [1.82, 2.24) is 19.1 Å². The predicted molar refractivity (Wildman–Crippen MR) is 294 cm³/mol. The Kier molecular flexibility index (Phi) is 10.7. The van der Waals surface area contributed by atoms with Crippen molar-refractivity contribution in [2.75, 3.05) is 0 Å². The van der Waals surface area contributed by atoms with E-state index in [-0.39, 0.29) is 0 Å². The zero-order valence-electron chi connectivity index (χ0n) is 39.9. The summed E-state index contributed by atoms with van der Waals surface area (Å²) in [7, 11) is 0. The van der Waals surface area contributed by atoms with E-state index in [9.17, 15) is 15.8 Å². The highest BCUT2D eigenvalue weighted by atomic mass is 15.0. The van der Waals surface area contributed by atoms with E-state index < -0.39 is 0 Å². The van der Waals surface area contributed by atoms with Crippen LogP contribution in [0, 0.1) is 61.0 Å². The predicted octanol–water partition coefficient (Wildman–Crippen LogP) is 16.3. The normalized spacial score (nSPS) is 11.0. The summed E-state index contributed by atoms with van der Waals surface area (Å²) >= 11 is 0. The number of hydrogen-bond acceptors (Lipinski definition) is 5. The highest BCUT2D eigenvalue weighted by molar-refractivity contribution is 6.14. The maximum atomic E-state index is 12.0. The zero-order chi connectivity index (χ0) is 50.6. The fourth-order valence-corrected chi connectivity index (χ4v) is 10.6. The van der Waals surface area contributed by atoms with E-state index in [0.29, 0.717) is 50.8 Å². The van der Waals surface area contributed by atoms with Gasteiger partial charge in [-0.25, -0.2) is 19.7 Å². The first-order valence-corrected chi connectivity index (χ1v) is 23.8. The van der Waals surface area contributed by atoms with Crippen LogP contribution in [-0.4, -0.2) is 19.1 Å². The van der Waals surface area contributed by atoms with Gasteiger partial charge in [-0.05, 0) is 113 Å². The van der Waals surface area contributed by atoms with Crippen molar-refractivity contribution in [2.24, 2.45) is 0 Å². The molecule has 12 aromatic rings. The lowest BCUT2D eigenvalue weighted by Gasteiger charge is -2.19. The van der Waals surface area contributed by atoms with Crippen molar-refractivity contribution in [3.05, 3.63) is 239 Å². The van der Waals surface area contributed by atoms with Crippen LogP contribution in [0.1, 0.15) is 28.1 Å². The molecule has 0 fully saturated rings. The highest BCUT2D eigenvalue weighted by Gasteiger charge is 2.25. The molecule has 0 aliphatic heterocycles. The van der Waals surface area contributed by atoms with Gasteiger partial charge in [0, 0.05) is 38.5 Å². The van der Waals surface area contributed by atoms with Gasteiger partial charge in [0.05, 0.1) is 69.9 Å². The lowest BCUT2D eigenvalue weighted by molar-refractivity contribution is 1.05. The van der Waals surface area contributed by atoms with Gasteiger partial charge in [-0.15, -0.1) is 0 Å². The van der Waals surface area contributed by atoms with Gasteiger partial charge in [0.1, 0.15) is 11.6 Å². The van der Waals surface area contributed by atoms with Crippen molar-refractivity contribution in [3.8, 4) is 85.5 Å². The highest BCUT2D eigenvalue weighted by Crippen LogP contribution is 2.44. The van der Waals surface area contributed by atoms with Crippen LogP contribution >= 0.6 is 0 Å². The van der Waals surface area contributed by atoms with Gasteiger partial charge in [0.2, 0.25) is 0 Å². The van der Waals surface area contributed by atoms with Crippen LogP contribution < -0.4 is 0 Å². The third-order valence-electron chi connectivity index (χ3n) is 13.9. The number of hydrogen-bond donors (Lipinski definition) is 0. The topological polar surface area (TPSA) is 116 Å². The summed E-state index contributed by atoms with van der Waals surface area (Å²) in [5.74, 6) is 0.474. The van der Waals surface area contributed by atoms with Gasteiger partial charge < -0.3 is 9.13 Å². The average Bonchev–Trinajstić information content (AvgIpc) is 3.96. The molecule has 3 aromatic heterocycles. The Bertz CT molecular complexity index is 4080. The number of nitriles is 3. The van der Waals surface area contributed by atoms with Crippen molar-refractivity contribution in [2.45, 2.75) is 13.8 Å². The first-order valence-electron chi connectivity index (χ1n) is 23.8. The van der Waals surface area contributed by atoms with Crippen LogP contribution in [0.15, 0.2) is 188 Å². The number of benzene rings is 9. The number of fused-ring (bicyclic) bond motifs is 6. The second-order valence-corrected chi connectivity index (χ2v) is 18.1. The largest absolute Gasteiger partial charge is 0.308 e. The SMILES string of the molecule is [C-]#[N+]c1ccccc1-c1ccc2c3ccc(-c4ccccc4C#N)cc3n(-c3cc(-c4nc(C)cc(C)n4)cc(-n4c5cc(-c6ccccc6C#N)ccc5c5ccc(-c6ccccc6[N+]#[C-])cc54)c3C#N)c2c1. The number of nitrogens with zero attached hydrogens (tertiary/aromatic N) is 9. The molecule has 0 aliphatic rings. The lowest BCUT2D eigenvalue weighted by atomic mass is 9.98. The van der Waals surface area contributed by atoms with Crippen molar-refractivity contribution in [3.63, 3.8) is 0 Å². The molecule has 0 aliphatic carbocycles. The summed E-state index contributed by atoms with van der Waals surface area (Å²) < 4.78 is 4.25. The molecule has 0 radical (unpaired) electrons. The minimum Gasteiger partial charge on any atom is -0.308 e. The van der Waals surface area contributed by atoms with Crippen LogP contribution in [-0.2, 0) is 0 Å². The first-order chi connectivity index (χ1) is 36.3. The molecule has 342 valence electrons. The molecule has 0 unspecified atom stereocenters. The van der Waals surface area contributed by atoms with E-state index >= 15 is 0 Å². The molecule has 9 heteroatoms. The molecule has 0 saturated carbocycles. The Labute approximate surface area is 426 Å². The molecule has 0 amide bonds. The van der Waals surface area contributed by atoms with E-state index in [0.717, 1.165) is 99.5 Å². The van der Waals surface area contributed by atoms with Crippen LogP contribution in [0.2, 0.25) is 0 Å². The molecule has 0 N–H and O–H groups in total. The maximum Gasteiger partial charge on any atom is 0.194 e. The van der Waals surface area contributed by atoms with Gasteiger partial charge in [-0.3, -0.25) is 0 Å². The summed E-state index contributed by atoms with van der Waals surface area (Å²) in [4.78, 5) is 17.8. The standard InChI is InChI=1S/C65H37N9/c1-39-29-40(2)72-65(71-39)47-34-63(73-59-30-41(48-15-7-5-13-45(48)36-66)21-25-52(59)54-27-23-43(32-61(54)73)50-17-9-11-19-57(50)69-3)56(38-68)64(35-47)74-60-31-42(49-16-8-6-14-46(49)37-67)22-26-53(60)55-28-24-44(33-62(55)74)51-18-10-12-20-58(51)70-4/h5-35H,1-2H3. The molecule has 9 nitrogen and oxygen atoms in total. The van der Waals surface area contributed by atoms with E-state index in [1.165, 1.54) is 0 Å². The van der Waals surface area contributed by atoms with Crippen LogP contribution in [0.25, 0.3) is 121 Å². The average molecular weight is 944 g/mol. The molecule has 0 bridgehead atoms. The zero-order valence-corrected chi connectivity index (χ0v) is 39.9. The van der Waals surface area contributed by atoms with Gasteiger partial charge >= 0.3 is 0 Å². The molecule has 0 saturated heterocycles. The van der Waals surface area contributed by atoms with Crippen LogP contribution in [0.4, 0.5) is 11.4 Å². The van der Waals surface area contributed by atoms with E-state index in [1.807, 2.05) is 153 Å². The maximum absolute atomic E-state index is 12.0. The summed E-state index contributed by atoms with van der Waals surface area (Å²) in [6.45, 7) is 20.0. The second-order valence-electron chi connectivity index (χ2n) is 18.1. The third-order valence-corrected chi connectivity index (χ3v) is 13.9. The van der Waals surface area contributed by atoms with Gasteiger partial charge in [0.15, 0.2) is 17.2 Å². The Morgan fingerprint density at radius 3 is 1.11 bits per heavy atom. The molecule has 9 aromatic carbocycles. The molecule has 74 heavy (non-hydrogen) atoms. The Morgan fingerprint density at radius 1 is 0.392 bits per heavy atom. The monoisotopic (exact) mass is 943 g/mol. The Hall–Kier alpha value is -10.9. The number of aryl methyl sites for hydroxylation is 2. The van der Waals surface area contributed by atoms with Gasteiger partial charge in [-0.1, -0.05) is 133 Å². The van der Waals surface area contributed by atoms with E-state index in [4.69, 9.17) is 23.1 Å². The van der Waals surface area contributed by atoms with Crippen LogP contribution in [0.3, 0.4) is 0 Å². The molecular weight excluding hydrogens is 907 g/mol. The van der Waals surface area contributed by atoms with E-state index in [2.05, 4.69) is 85.6 Å². The smallest absolute Gasteiger partial charge is 0.194 e. The molecule has 0 atom stereocenters. The summed E-state index contributed by atoms with van der Waals surface area (Å²) in [5, 5.41) is 36.3. The molecule has 3 heterocycles. The number of para-hydroxylation sites is 2. The fraction of sp³-hybridized carbons (Fsp3) is 0.0308. The first kappa shape index (κ1) is 44.3. The van der Waals surface area contributed by atoms with Crippen molar-refractivity contribution < 1.29 is 0 Å². The van der Waals surface area contributed by atoms with Gasteiger partial charge in [-0.2, -0.15) is 15.8 Å². The van der Waals surface area contributed by atoms with Crippen molar-refractivity contribution in [1.29, 1.82) is 15.8 Å². The van der Waals surface area contributed by atoms with Crippen molar-refractivity contribution >= 4 is 55.0 Å². The Balaban J connectivity index is 1.26. The Morgan fingerprint density at radius 2 is 0.743 bits per heavy atom. The van der Waals surface area contributed by atoms with E-state index in [1.54, 1.807) is 0 Å². The minimum atomic E-state index is 0.348. The lowest BCUT2D eigenvalue weighted by Crippen LogP contribution is -2.06. The quantitative estimate of drug-likeness (QED) is 0.148. The second kappa shape index (κ2) is 17.8. The number of aromatic nitrogens is 4. The molecule has 12 rings (SSSR count). The van der Waals surface area contributed by atoms with Crippen LogP contribution in [0.5, 0.6) is 0 Å². The number of rotatable bonds is 7. The fourth-order valence-electron chi connectivity index (χ4n) is 10.6. The van der Waals surface area contributed by atoms with Gasteiger partial charge in [0.25, 0.3) is 0 Å². The third kappa shape index (κ3) is 7.20. The summed E-state index contributed by atoms with van der Waals surface area (Å²) in [6, 6.07) is 68.3. The summed E-state index contributed by atoms with van der Waals surface area (Å²) in [5.41, 5.74) is 15.3. The summed E-state index contributed by atoms with van der Waals surface area (Å²) in [6.07, 6.45) is 0.